The van der Waals surface area contributed by atoms with Crippen molar-refractivity contribution >= 4 is 11.6 Å². The van der Waals surface area contributed by atoms with E-state index in [0.29, 0.717) is 6.04 Å². The van der Waals surface area contributed by atoms with Crippen LogP contribution in [0.5, 0.6) is 0 Å². The Balaban J connectivity index is 2.12. The monoisotopic (exact) mass is 223 g/mol. The fraction of sp³-hybridized carbons (Fsp3) is 0.538. The quantitative estimate of drug-likeness (QED) is 0.824. The summed E-state index contributed by atoms with van der Waals surface area (Å²) in [4.78, 5) is 0. The molecule has 82 valence electrons. The van der Waals surface area contributed by atoms with Crippen LogP contribution in [-0.4, -0.2) is 6.04 Å². The van der Waals surface area contributed by atoms with Crippen molar-refractivity contribution in [3.8, 4) is 0 Å². The summed E-state index contributed by atoms with van der Waals surface area (Å²) in [5, 5.41) is 4.49. The maximum Gasteiger partial charge on any atom is 0.0409 e. The molecule has 0 aromatic heterocycles. The summed E-state index contributed by atoms with van der Waals surface area (Å²) >= 11 is 6.01. The third-order valence-electron chi connectivity index (χ3n) is 3.22. The van der Waals surface area contributed by atoms with E-state index in [-0.39, 0.29) is 5.54 Å². The second-order valence-corrected chi connectivity index (χ2v) is 5.34. The Kier molecular flexibility index (Phi) is 3.03. The molecule has 0 bridgehead atoms. The lowest BCUT2D eigenvalue weighted by Crippen LogP contribution is -2.46. The zero-order valence-electron chi connectivity index (χ0n) is 9.39. The Labute approximate surface area is 96.8 Å². The normalized spacial score (nSPS) is 17.5. The Morgan fingerprint density at radius 2 is 2.07 bits per heavy atom. The third-order valence-corrected chi connectivity index (χ3v) is 3.45. The number of nitrogens with one attached hydrogen (secondary N) is 1. The first kappa shape index (κ1) is 11.0. The van der Waals surface area contributed by atoms with E-state index in [1.165, 1.54) is 24.8 Å². The summed E-state index contributed by atoms with van der Waals surface area (Å²) in [6.45, 7) is 4.44. The first-order valence-electron chi connectivity index (χ1n) is 5.62. The Morgan fingerprint density at radius 1 is 1.33 bits per heavy atom. The molecule has 0 spiro atoms. The number of hydrogen-bond donors (Lipinski definition) is 1. The number of hydrogen-bond acceptors (Lipinski definition) is 1. The minimum absolute atomic E-state index is 0.0238. The molecule has 1 N–H and O–H groups in total. The predicted octanol–water partition coefficient (Wildman–Crippen LogP) is 3.72. The van der Waals surface area contributed by atoms with Crippen molar-refractivity contribution in [3.05, 3.63) is 34.9 Å². The van der Waals surface area contributed by atoms with Gasteiger partial charge in [0.1, 0.15) is 0 Å². The summed E-state index contributed by atoms with van der Waals surface area (Å²) in [6.07, 6.45) is 3.98. The van der Waals surface area contributed by atoms with Gasteiger partial charge in [0.2, 0.25) is 0 Å². The van der Waals surface area contributed by atoms with Gasteiger partial charge in [-0.05, 0) is 44.4 Å². The van der Waals surface area contributed by atoms with Crippen LogP contribution >= 0.6 is 11.6 Å². The Morgan fingerprint density at radius 3 is 2.60 bits per heavy atom. The summed E-state index contributed by atoms with van der Waals surface area (Å²) in [5.41, 5.74) is 1.29. The van der Waals surface area contributed by atoms with Crippen LogP contribution in [0.25, 0.3) is 0 Å². The molecule has 0 radical (unpaired) electrons. The minimum atomic E-state index is 0.0238. The Hall–Kier alpha value is -0.530. The summed E-state index contributed by atoms with van der Waals surface area (Å²) in [7, 11) is 0. The van der Waals surface area contributed by atoms with Crippen LogP contribution in [0.3, 0.4) is 0 Å². The van der Waals surface area contributed by atoms with Crippen LogP contribution in [0.15, 0.2) is 24.3 Å². The zero-order chi connectivity index (χ0) is 10.9. The van der Waals surface area contributed by atoms with Gasteiger partial charge in [0.25, 0.3) is 0 Å². The average Bonchev–Trinajstić information content (AvgIpc) is 2.12. The van der Waals surface area contributed by atoms with Crippen molar-refractivity contribution in [2.24, 2.45) is 0 Å². The van der Waals surface area contributed by atoms with Gasteiger partial charge >= 0.3 is 0 Å². The van der Waals surface area contributed by atoms with E-state index < -0.39 is 0 Å². The molecule has 1 fully saturated rings. The second kappa shape index (κ2) is 4.15. The smallest absolute Gasteiger partial charge is 0.0409 e. The van der Waals surface area contributed by atoms with Crippen molar-refractivity contribution < 1.29 is 0 Å². The highest BCUT2D eigenvalue weighted by molar-refractivity contribution is 6.30. The summed E-state index contributed by atoms with van der Waals surface area (Å²) in [6, 6.07) is 8.82. The molecule has 0 atom stereocenters. The van der Waals surface area contributed by atoms with E-state index in [1.807, 2.05) is 18.2 Å². The van der Waals surface area contributed by atoms with E-state index in [0.717, 1.165) is 5.02 Å². The fourth-order valence-corrected chi connectivity index (χ4v) is 2.21. The molecule has 1 aromatic rings. The van der Waals surface area contributed by atoms with Gasteiger partial charge in [0, 0.05) is 16.6 Å². The van der Waals surface area contributed by atoms with Gasteiger partial charge in [0.05, 0.1) is 0 Å². The zero-order valence-corrected chi connectivity index (χ0v) is 10.1. The molecule has 1 aliphatic rings. The maximum atomic E-state index is 6.01. The van der Waals surface area contributed by atoms with E-state index in [4.69, 9.17) is 11.6 Å². The van der Waals surface area contributed by atoms with Crippen molar-refractivity contribution in [2.75, 3.05) is 0 Å². The van der Waals surface area contributed by atoms with Crippen molar-refractivity contribution in [3.63, 3.8) is 0 Å². The van der Waals surface area contributed by atoms with Crippen LogP contribution in [0.1, 0.15) is 38.7 Å². The van der Waals surface area contributed by atoms with Crippen LogP contribution in [0, 0.1) is 0 Å². The van der Waals surface area contributed by atoms with E-state index in [1.54, 1.807) is 0 Å². The first-order chi connectivity index (χ1) is 7.08. The number of rotatable bonds is 3. The fourth-order valence-electron chi connectivity index (χ4n) is 2.02. The third kappa shape index (κ3) is 2.53. The van der Waals surface area contributed by atoms with Gasteiger partial charge in [-0.3, -0.25) is 0 Å². The van der Waals surface area contributed by atoms with Crippen LogP contribution < -0.4 is 5.32 Å². The molecule has 1 nitrogen and oxygen atoms in total. The second-order valence-electron chi connectivity index (χ2n) is 4.91. The van der Waals surface area contributed by atoms with Gasteiger partial charge in [-0.15, -0.1) is 0 Å². The molecule has 0 unspecified atom stereocenters. The summed E-state index contributed by atoms with van der Waals surface area (Å²) < 4.78 is 0. The van der Waals surface area contributed by atoms with Gasteiger partial charge in [0.15, 0.2) is 0 Å². The van der Waals surface area contributed by atoms with Crippen molar-refractivity contribution in [2.45, 2.75) is 44.7 Å². The summed E-state index contributed by atoms with van der Waals surface area (Å²) in [5.74, 6) is 0. The first-order valence-corrected chi connectivity index (χ1v) is 5.99. The largest absolute Gasteiger partial charge is 0.305 e. The number of halogens is 1. The molecule has 1 saturated carbocycles. The van der Waals surface area contributed by atoms with E-state index >= 15 is 0 Å². The van der Waals surface area contributed by atoms with Gasteiger partial charge < -0.3 is 5.32 Å². The van der Waals surface area contributed by atoms with Gasteiger partial charge in [-0.2, -0.15) is 0 Å². The molecule has 0 amide bonds. The Bertz CT molecular complexity index is 342. The molecule has 0 heterocycles. The topological polar surface area (TPSA) is 12.0 Å². The molecular formula is C13H18ClN. The SMILES string of the molecule is CC(C)(NC1CCC1)c1cccc(Cl)c1. The van der Waals surface area contributed by atoms with Crippen molar-refractivity contribution in [1.82, 2.24) is 5.32 Å². The van der Waals surface area contributed by atoms with Crippen LogP contribution in [0.2, 0.25) is 5.02 Å². The van der Waals surface area contributed by atoms with Crippen molar-refractivity contribution in [1.29, 1.82) is 0 Å². The lowest BCUT2D eigenvalue weighted by atomic mass is 9.87. The van der Waals surface area contributed by atoms with Crippen LogP contribution in [0.4, 0.5) is 0 Å². The molecule has 2 rings (SSSR count). The molecule has 2 heteroatoms. The van der Waals surface area contributed by atoms with Gasteiger partial charge in [-0.25, -0.2) is 0 Å². The van der Waals surface area contributed by atoms with Gasteiger partial charge in [-0.1, -0.05) is 30.2 Å². The molecule has 0 saturated heterocycles. The molecule has 0 aliphatic heterocycles. The molecule has 1 aliphatic carbocycles. The highest BCUT2D eigenvalue weighted by Crippen LogP contribution is 2.28. The molecular weight excluding hydrogens is 206 g/mol. The van der Waals surface area contributed by atoms with E-state index in [9.17, 15) is 0 Å². The van der Waals surface area contributed by atoms with Crippen LogP contribution in [-0.2, 0) is 5.54 Å². The van der Waals surface area contributed by atoms with E-state index in [2.05, 4.69) is 25.2 Å². The standard InChI is InChI=1S/C13H18ClN/c1-13(2,15-12-7-4-8-12)10-5-3-6-11(14)9-10/h3,5-6,9,12,15H,4,7-8H2,1-2H3. The average molecular weight is 224 g/mol. The minimum Gasteiger partial charge on any atom is -0.305 e. The highest BCUT2D eigenvalue weighted by Gasteiger charge is 2.27. The lowest BCUT2D eigenvalue weighted by molar-refractivity contribution is 0.254. The lowest BCUT2D eigenvalue weighted by Gasteiger charge is -2.37. The molecule has 15 heavy (non-hydrogen) atoms. The number of benzene rings is 1. The molecule has 1 aromatic carbocycles. The highest BCUT2D eigenvalue weighted by atomic mass is 35.5. The predicted molar refractivity (Wildman–Crippen MR) is 65.3 cm³/mol. The maximum absolute atomic E-state index is 6.01.